The monoisotopic (exact) mass is 357 g/mol. The van der Waals surface area contributed by atoms with Gasteiger partial charge in [0.25, 0.3) is 11.8 Å². The Bertz CT molecular complexity index is 725. The van der Waals surface area contributed by atoms with E-state index in [2.05, 4.69) is 24.4 Å². The molecule has 2 aromatic rings. The molecule has 0 aliphatic heterocycles. The van der Waals surface area contributed by atoms with Crippen LogP contribution in [0.15, 0.2) is 48.5 Å². The van der Waals surface area contributed by atoms with E-state index in [0.717, 1.165) is 17.5 Å². The number of rotatable bonds is 6. The minimum atomic E-state index is -1.02. The minimum absolute atomic E-state index is 0. The molecule has 2 rings (SSSR count). The van der Waals surface area contributed by atoms with Gasteiger partial charge in [0.15, 0.2) is 0 Å². The number of nitrogens with two attached hydrogens (primary N) is 1. The molecule has 0 radical (unpaired) electrons. The smallest absolute Gasteiger partial charge is 0.267 e. The molecule has 0 fully saturated rings. The minimum Gasteiger partial charge on any atom is -0.339 e. The number of carbonyl (C=O) groups is 2. The van der Waals surface area contributed by atoms with Gasteiger partial charge < -0.3 is 11.1 Å². The van der Waals surface area contributed by atoms with Gasteiger partial charge in [-0.1, -0.05) is 50.7 Å². The molecule has 140 valence electrons. The Balaban J connectivity index is 0.00000338. The van der Waals surface area contributed by atoms with E-state index in [0.29, 0.717) is 5.56 Å². The van der Waals surface area contributed by atoms with Crippen LogP contribution in [-0.2, 0) is 11.2 Å². The lowest BCUT2D eigenvalue weighted by Crippen LogP contribution is -2.54. The molecular weight excluding hydrogens is 330 g/mol. The van der Waals surface area contributed by atoms with Gasteiger partial charge in [-0.05, 0) is 42.2 Å². The zero-order chi connectivity index (χ0) is 18.4. The molecule has 26 heavy (non-hydrogen) atoms. The maximum absolute atomic E-state index is 12.3. The third-order valence-corrected chi connectivity index (χ3v) is 4.05. The van der Waals surface area contributed by atoms with E-state index in [9.17, 15) is 9.59 Å². The van der Waals surface area contributed by atoms with Gasteiger partial charge in [0.05, 0.1) is 0 Å². The number of carbonyl (C=O) groups excluding carboxylic acids is 2. The fourth-order valence-electron chi connectivity index (χ4n) is 2.48. The van der Waals surface area contributed by atoms with E-state index in [1.54, 1.807) is 19.1 Å². The van der Waals surface area contributed by atoms with Crippen LogP contribution in [0, 0.1) is 0 Å². The second-order valence-electron chi connectivity index (χ2n) is 5.91. The Morgan fingerprint density at radius 1 is 1.04 bits per heavy atom. The highest BCUT2D eigenvalue weighted by Gasteiger charge is 2.24. The van der Waals surface area contributed by atoms with Crippen LogP contribution in [-0.4, -0.2) is 29.1 Å². The number of amides is 2. The van der Waals surface area contributed by atoms with Gasteiger partial charge in [-0.15, -0.1) is 0 Å². The second-order valence-corrected chi connectivity index (χ2v) is 5.91. The first-order chi connectivity index (χ1) is 12.0. The van der Waals surface area contributed by atoms with Crippen LogP contribution in [0.5, 0.6) is 0 Å². The highest BCUT2D eigenvalue weighted by atomic mass is 16.5. The summed E-state index contributed by atoms with van der Waals surface area (Å²) in [5.41, 5.74) is 10.9. The van der Waals surface area contributed by atoms with Crippen LogP contribution in [0.2, 0.25) is 0 Å². The molecule has 6 nitrogen and oxygen atoms in total. The molecule has 2 atom stereocenters. The van der Waals surface area contributed by atoms with Crippen LogP contribution in [0.4, 0.5) is 0 Å². The number of hydrogen-bond acceptors (Lipinski definition) is 4. The number of nitrogens with one attached hydrogen (secondary N) is 2. The molecule has 0 aromatic heterocycles. The molecule has 0 saturated heterocycles. The van der Waals surface area contributed by atoms with Crippen molar-refractivity contribution < 1.29 is 14.8 Å². The van der Waals surface area contributed by atoms with Crippen LogP contribution in [0.3, 0.4) is 0 Å². The largest absolute Gasteiger partial charge is 0.339 e. The first kappa shape index (κ1) is 21.3. The highest BCUT2D eigenvalue weighted by Crippen LogP contribution is 2.20. The Labute approximate surface area is 154 Å². The van der Waals surface area contributed by atoms with Crippen molar-refractivity contribution in [1.29, 1.82) is 0 Å². The highest BCUT2D eigenvalue weighted by molar-refractivity contribution is 5.98. The summed E-state index contributed by atoms with van der Waals surface area (Å²) < 4.78 is 0. The summed E-state index contributed by atoms with van der Waals surface area (Å²) in [6.07, 6.45) is 0.988. The van der Waals surface area contributed by atoms with Crippen molar-refractivity contribution in [1.82, 2.24) is 10.8 Å². The van der Waals surface area contributed by atoms with Crippen molar-refractivity contribution in [3.63, 3.8) is 0 Å². The molecule has 0 bridgehead atoms. The first-order valence-corrected chi connectivity index (χ1v) is 8.16. The third-order valence-electron chi connectivity index (χ3n) is 4.05. The molecule has 0 aliphatic carbocycles. The molecular formula is C20H27N3O3. The van der Waals surface area contributed by atoms with Crippen LogP contribution < -0.4 is 16.5 Å². The third kappa shape index (κ3) is 5.15. The average molecular weight is 357 g/mol. The SMILES string of the molecule is C.CCc1ccc(-c2ccc(C(=O)N[C@H](C(=O)NO)[C@@H](C)N)cc2)cc1. The summed E-state index contributed by atoms with van der Waals surface area (Å²) in [5, 5.41) is 11.3. The van der Waals surface area contributed by atoms with Crippen molar-refractivity contribution >= 4 is 11.8 Å². The lowest BCUT2D eigenvalue weighted by atomic mass is 10.0. The van der Waals surface area contributed by atoms with E-state index in [1.807, 2.05) is 24.3 Å². The van der Waals surface area contributed by atoms with E-state index < -0.39 is 23.9 Å². The van der Waals surface area contributed by atoms with Crippen LogP contribution >= 0.6 is 0 Å². The second kappa shape index (κ2) is 9.70. The maximum atomic E-state index is 12.3. The molecule has 0 saturated carbocycles. The van der Waals surface area contributed by atoms with Crippen molar-refractivity contribution in [2.75, 3.05) is 0 Å². The van der Waals surface area contributed by atoms with Crippen LogP contribution in [0.1, 0.15) is 37.2 Å². The van der Waals surface area contributed by atoms with E-state index in [4.69, 9.17) is 10.9 Å². The lowest BCUT2D eigenvalue weighted by molar-refractivity contribution is -0.131. The molecule has 0 unspecified atom stereocenters. The van der Waals surface area contributed by atoms with Crippen LogP contribution in [0.25, 0.3) is 11.1 Å². The molecule has 5 N–H and O–H groups in total. The fraction of sp³-hybridized carbons (Fsp3) is 0.300. The van der Waals surface area contributed by atoms with Crippen molar-refractivity contribution in [2.24, 2.45) is 5.73 Å². The van der Waals surface area contributed by atoms with Gasteiger partial charge in [0.2, 0.25) is 0 Å². The summed E-state index contributed by atoms with van der Waals surface area (Å²) >= 11 is 0. The van der Waals surface area contributed by atoms with Gasteiger partial charge in [-0.2, -0.15) is 0 Å². The lowest BCUT2D eigenvalue weighted by Gasteiger charge is -2.20. The number of hydrogen-bond donors (Lipinski definition) is 4. The number of benzene rings is 2. The Kier molecular flexibility index (Phi) is 7.96. The average Bonchev–Trinajstić information content (AvgIpc) is 2.65. The quantitative estimate of drug-likeness (QED) is 0.471. The van der Waals surface area contributed by atoms with Gasteiger partial charge in [0.1, 0.15) is 6.04 Å². The van der Waals surface area contributed by atoms with E-state index >= 15 is 0 Å². The molecule has 0 heterocycles. The zero-order valence-corrected chi connectivity index (χ0v) is 14.3. The van der Waals surface area contributed by atoms with Crippen molar-refractivity contribution in [3.05, 3.63) is 59.7 Å². The van der Waals surface area contributed by atoms with E-state index in [-0.39, 0.29) is 7.43 Å². The Morgan fingerprint density at radius 3 is 1.96 bits per heavy atom. The van der Waals surface area contributed by atoms with E-state index in [1.165, 1.54) is 11.0 Å². The number of aryl methyl sites for hydroxylation is 1. The predicted octanol–water partition coefficient (Wildman–Crippen LogP) is 2.50. The maximum Gasteiger partial charge on any atom is 0.267 e. The number of hydroxylamine groups is 1. The molecule has 0 aliphatic rings. The molecule has 6 heteroatoms. The van der Waals surface area contributed by atoms with Gasteiger partial charge in [-0.25, -0.2) is 5.48 Å². The topological polar surface area (TPSA) is 104 Å². The van der Waals surface area contributed by atoms with Crippen molar-refractivity contribution in [3.8, 4) is 11.1 Å². The van der Waals surface area contributed by atoms with Gasteiger partial charge in [0, 0.05) is 11.6 Å². The summed E-state index contributed by atoms with van der Waals surface area (Å²) in [4.78, 5) is 23.8. The normalized spacial score (nSPS) is 12.5. The molecule has 2 amide bonds. The Morgan fingerprint density at radius 2 is 1.54 bits per heavy atom. The summed E-state index contributed by atoms with van der Waals surface area (Å²) in [5.74, 6) is -1.19. The molecule has 0 spiro atoms. The Hall–Kier alpha value is -2.70. The van der Waals surface area contributed by atoms with Crippen molar-refractivity contribution in [2.45, 2.75) is 39.8 Å². The predicted molar refractivity (Wildman–Crippen MR) is 103 cm³/mol. The zero-order valence-electron chi connectivity index (χ0n) is 14.3. The summed E-state index contributed by atoms with van der Waals surface area (Å²) in [7, 11) is 0. The molecule has 2 aromatic carbocycles. The first-order valence-electron chi connectivity index (χ1n) is 8.16. The van der Waals surface area contributed by atoms with Gasteiger partial charge in [-0.3, -0.25) is 14.8 Å². The fourth-order valence-corrected chi connectivity index (χ4v) is 2.48. The van der Waals surface area contributed by atoms with Gasteiger partial charge >= 0.3 is 0 Å². The summed E-state index contributed by atoms with van der Waals surface area (Å²) in [6, 6.07) is 13.7. The summed E-state index contributed by atoms with van der Waals surface area (Å²) in [6.45, 7) is 3.68. The standard InChI is InChI=1S/C19H23N3O3.CH4/c1-3-13-4-6-14(7-5-13)15-8-10-16(11-9-15)18(23)21-17(12(2)20)19(24)22-25;/h4-12,17,25H,3,20H2,1-2H3,(H,21,23)(H,22,24);1H4/t12-,17+;/m1./s1.